The zero-order valence-electron chi connectivity index (χ0n) is 18.1. The van der Waals surface area contributed by atoms with Crippen molar-refractivity contribution in [2.24, 2.45) is 46.3 Å². The standard InChI is InChI=1S/C24H38O5/c1-13(4-7-21(28)29)16-5-6-17-22-18(12-20(27)24(16,17)3)23(2)9-8-15(25)10-14(23)11-19(22)26/h13-19,22,25-26H,4-12H2,1-3H3,(H,28,29)/t13-,14?,15-,16-,17+,18+,19-,22+,23+,24-/m1/s1. The molecule has 3 N–H and O–H groups in total. The number of aliphatic hydroxyl groups excluding tert-OH is 2. The molecule has 0 bridgehead atoms. The van der Waals surface area contributed by atoms with Crippen LogP contribution in [0.15, 0.2) is 0 Å². The molecule has 4 fully saturated rings. The van der Waals surface area contributed by atoms with E-state index < -0.39 is 17.5 Å². The van der Waals surface area contributed by atoms with E-state index in [0.29, 0.717) is 24.5 Å². The number of fused-ring (bicyclic) bond motifs is 5. The quantitative estimate of drug-likeness (QED) is 0.662. The number of hydrogen-bond donors (Lipinski definition) is 3. The van der Waals surface area contributed by atoms with Crippen molar-refractivity contribution in [3.63, 3.8) is 0 Å². The van der Waals surface area contributed by atoms with Crippen LogP contribution in [-0.2, 0) is 9.59 Å². The highest BCUT2D eigenvalue weighted by Gasteiger charge is 2.65. The average Bonchev–Trinajstić information content (AvgIpc) is 3.01. The van der Waals surface area contributed by atoms with Gasteiger partial charge in [-0.15, -0.1) is 0 Å². The minimum absolute atomic E-state index is 0.0348. The van der Waals surface area contributed by atoms with E-state index in [2.05, 4.69) is 20.8 Å². The van der Waals surface area contributed by atoms with Gasteiger partial charge in [-0.25, -0.2) is 0 Å². The third-order valence-electron chi connectivity index (χ3n) is 10.1. The van der Waals surface area contributed by atoms with Crippen molar-refractivity contribution in [1.82, 2.24) is 0 Å². The molecule has 4 rings (SSSR count). The zero-order valence-corrected chi connectivity index (χ0v) is 18.1. The van der Waals surface area contributed by atoms with Crippen molar-refractivity contribution in [1.29, 1.82) is 0 Å². The lowest BCUT2D eigenvalue weighted by Crippen LogP contribution is -2.61. The fraction of sp³-hybridized carbons (Fsp3) is 0.917. The first-order chi connectivity index (χ1) is 13.6. The molecule has 0 aromatic heterocycles. The fourth-order valence-corrected chi connectivity index (χ4v) is 8.41. The summed E-state index contributed by atoms with van der Waals surface area (Å²) in [6.07, 6.45) is 5.82. The second-order valence-electron chi connectivity index (χ2n) is 11.2. The Morgan fingerprint density at radius 1 is 1.14 bits per heavy atom. The molecule has 5 heteroatoms. The van der Waals surface area contributed by atoms with Crippen molar-refractivity contribution < 1.29 is 24.9 Å². The molecule has 4 aliphatic rings. The maximum atomic E-state index is 13.6. The molecule has 10 atom stereocenters. The van der Waals surface area contributed by atoms with Gasteiger partial charge in [0, 0.05) is 18.3 Å². The maximum absolute atomic E-state index is 13.6. The lowest BCUT2D eigenvalue weighted by molar-refractivity contribution is -0.181. The minimum Gasteiger partial charge on any atom is -0.481 e. The molecule has 164 valence electrons. The van der Waals surface area contributed by atoms with Gasteiger partial charge in [-0.3, -0.25) is 9.59 Å². The minimum atomic E-state index is -0.771. The fourth-order valence-electron chi connectivity index (χ4n) is 8.41. The van der Waals surface area contributed by atoms with Gasteiger partial charge < -0.3 is 15.3 Å². The van der Waals surface area contributed by atoms with Crippen LogP contribution in [0.3, 0.4) is 0 Å². The van der Waals surface area contributed by atoms with E-state index in [9.17, 15) is 19.8 Å². The molecule has 29 heavy (non-hydrogen) atoms. The topological polar surface area (TPSA) is 94.8 Å². The number of carboxylic acids is 1. The number of aliphatic carboxylic acids is 1. The van der Waals surface area contributed by atoms with Crippen LogP contribution in [-0.4, -0.2) is 39.3 Å². The molecular weight excluding hydrogens is 368 g/mol. The van der Waals surface area contributed by atoms with Gasteiger partial charge in [0.1, 0.15) is 5.78 Å². The van der Waals surface area contributed by atoms with Crippen LogP contribution in [0.1, 0.15) is 78.6 Å². The number of aliphatic hydroxyl groups is 2. The molecule has 1 unspecified atom stereocenters. The molecule has 0 aromatic carbocycles. The Bertz CT molecular complexity index is 676. The van der Waals surface area contributed by atoms with E-state index in [0.717, 1.165) is 38.5 Å². The van der Waals surface area contributed by atoms with Crippen LogP contribution in [0.4, 0.5) is 0 Å². The summed E-state index contributed by atoms with van der Waals surface area (Å²) in [4.78, 5) is 24.7. The smallest absolute Gasteiger partial charge is 0.303 e. The van der Waals surface area contributed by atoms with E-state index >= 15 is 0 Å². The summed E-state index contributed by atoms with van der Waals surface area (Å²) in [5, 5.41) is 30.5. The van der Waals surface area contributed by atoms with E-state index in [4.69, 9.17) is 5.11 Å². The molecule has 0 aromatic rings. The highest BCUT2D eigenvalue weighted by Crippen LogP contribution is 2.67. The van der Waals surface area contributed by atoms with E-state index in [1.807, 2.05) is 0 Å². The number of ketones is 1. The van der Waals surface area contributed by atoms with Crippen LogP contribution in [0, 0.1) is 46.3 Å². The van der Waals surface area contributed by atoms with Crippen LogP contribution in [0.25, 0.3) is 0 Å². The first-order valence-corrected chi connectivity index (χ1v) is 11.7. The summed E-state index contributed by atoms with van der Waals surface area (Å²) < 4.78 is 0. The van der Waals surface area contributed by atoms with Gasteiger partial charge in [-0.05, 0) is 85.9 Å². The summed E-state index contributed by atoms with van der Waals surface area (Å²) in [6.45, 7) is 6.54. The lowest BCUT2D eigenvalue weighted by Gasteiger charge is -2.61. The Morgan fingerprint density at radius 3 is 2.55 bits per heavy atom. The Labute approximate surface area is 174 Å². The van der Waals surface area contributed by atoms with Gasteiger partial charge in [-0.1, -0.05) is 20.8 Å². The van der Waals surface area contributed by atoms with Gasteiger partial charge in [0.25, 0.3) is 0 Å². The molecule has 0 saturated heterocycles. The second-order valence-corrected chi connectivity index (χ2v) is 11.2. The van der Waals surface area contributed by atoms with Crippen molar-refractivity contribution >= 4 is 11.8 Å². The van der Waals surface area contributed by atoms with Gasteiger partial charge in [0.05, 0.1) is 12.2 Å². The SMILES string of the molecule is C[C@H](CCC(=O)O)[C@H]1CC[C@H]2[C@@H]3[C@H](O)CC4C[C@H](O)CC[C@]4(C)[C@H]3CC(=O)[C@]12C. The van der Waals surface area contributed by atoms with Crippen molar-refractivity contribution in [2.45, 2.75) is 90.8 Å². The maximum Gasteiger partial charge on any atom is 0.303 e. The van der Waals surface area contributed by atoms with E-state index in [1.165, 1.54) is 0 Å². The summed E-state index contributed by atoms with van der Waals surface area (Å²) in [5.74, 6) is 0.855. The van der Waals surface area contributed by atoms with Gasteiger partial charge in [0.15, 0.2) is 0 Å². The predicted molar refractivity (Wildman–Crippen MR) is 109 cm³/mol. The number of hydrogen-bond acceptors (Lipinski definition) is 4. The number of Topliss-reactive ketones (excluding diaryl/α,β-unsaturated/α-hetero) is 1. The number of rotatable bonds is 4. The molecule has 0 aliphatic heterocycles. The highest BCUT2D eigenvalue weighted by molar-refractivity contribution is 5.87. The molecular formula is C24H38O5. The Balaban J connectivity index is 1.62. The van der Waals surface area contributed by atoms with E-state index in [1.54, 1.807) is 0 Å². The average molecular weight is 407 g/mol. The number of carboxylic acid groups (broad SMARTS) is 1. The van der Waals surface area contributed by atoms with Crippen LogP contribution in [0.5, 0.6) is 0 Å². The molecule has 0 heterocycles. The summed E-state index contributed by atoms with van der Waals surface area (Å²) >= 11 is 0. The summed E-state index contributed by atoms with van der Waals surface area (Å²) in [5.41, 5.74) is -0.398. The van der Waals surface area contributed by atoms with Gasteiger partial charge in [0.2, 0.25) is 0 Å². The summed E-state index contributed by atoms with van der Waals surface area (Å²) in [6, 6.07) is 0. The molecule has 0 amide bonds. The predicted octanol–water partition coefficient (Wildman–Crippen LogP) is 3.66. The monoisotopic (exact) mass is 406 g/mol. The summed E-state index contributed by atoms with van der Waals surface area (Å²) in [7, 11) is 0. The number of carbonyl (C=O) groups is 2. The first kappa shape index (κ1) is 21.3. The third-order valence-corrected chi connectivity index (χ3v) is 10.1. The van der Waals surface area contributed by atoms with Crippen molar-refractivity contribution in [3.05, 3.63) is 0 Å². The molecule has 0 spiro atoms. The van der Waals surface area contributed by atoms with E-state index in [-0.39, 0.29) is 47.5 Å². The number of carbonyl (C=O) groups excluding carboxylic acids is 1. The Hall–Kier alpha value is -0.940. The second kappa shape index (κ2) is 7.33. The van der Waals surface area contributed by atoms with Crippen LogP contribution < -0.4 is 0 Å². The lowest BCUT2D eigenvalue weighted by atomic mass is 9.43. The molecule has 5 nitrogen and oxygen atoms in total. The molecule has 4 saturated carbocycles. The molecule has 4 aliphatic carbocycles. The Kier molecular flexibility index (Phi) is 5.39. The molecule has 0 radical (unpaired) electrons. The van der Waals surface area contributed by atoms with Crippen molar-refractivity contribution in [2.75, 3.05) is 0 Å². The highest BCUT2D eigenvalue weighted by atomic mass is 16.4. The van der Waals surface area contributed by atoms with Crippen molar-refractivity contribution in [3.8, 4) is 0 Å². The normalized spacial score (nSPS) is 50.4. The van der Waals surface area contributed by atoms with Gasteiger partial charge in [-0.2, -0.15) is 0 Å². The van der Waals surface area contributed by atoms with Crippen LogP contribution >= 0.6 is 0 Å². The Morgan fingerprint density at radius 2 is 1.86 bits per heavy atom. The zero-order chi connectivity index (χ0) is 21.1. The van der Waals surface area contributed by atoms with Crippen LogP contribution in [0.2, 0.25) is 0 Å². The van der Waals surface area contributed by atoms with Gasteiger partial charge >= 0.3 is 5.97 Å². The largest absolute Gasteiger partial charge is 0.481 e. The third kappa shape index (κ3) is 3.18. The first-order valence-electron chi connectivity index (χ1n) is 11.7.